The largest absolute Gasteiger partial charge is 0.433 e. The van der Waals surface area contributed by atoms with E-state index >= 15 is 0 Å². The SMILES string of the molecule is Nc1cc(C2C=CC=CC2)ccc1OC(F)F. The summed E-state index contributed by atoms with van der Waals surface area (Å²) >= 11 is 0. The number of hydrogen-bond donors (Lipinski definition) is 1. The third-order valence-electron chi connectivity index (χ3n) is 2.66. The Kier molecular flexibility index (Phi) is 3.42. The quantitative estimate of drug-likeness (QED) is 0.817. The van der Waals surface area contributed by atoms with Gasteiger partial charge in [0.1, 0.15) is 5.75 Å². The van der Waals surface area contributed by atoms with E-state index in [9.17, 15) is 8.78 Å². The van der Waals surface area contributed by atoms with Gasteiger partial charge in [-0.25, -0.2) is 0 Å². The Morgan fingerprint density at radius 2 is 2.12 bits per heavy atom. The molecular formula is C13H13F2NO. The molecule has 1 aromatic rings. The molecule has 0 heterocycles. The molecule has 1 aliphatic carbocycles. The molecule has 1 aromatic carbocycles. The summed E-state index contributed by atoms with van der Waals surface area (Å²) in [5, 5.41) is 0. The van der Waals surface area contributed by atoms with Crippen molar-refractivity contribution in [3.63, 3.8) is 0 Å². The lowest BCUT2D eigenvalue weighted by atomic mass is 9.92. The zero-order chi connectivity index (χ0) is 12.3. The van der Waals surface area contributed by atoms with Crippen LogP contribution in [0.25, 0.3) is 0 Å². The first-order valence-electron chi connectivity index (χ1n) is 5.34. The predicted molar refractivity (Wildman–Crippen MR) is 63.1 cm³/mol. The Morgan fingerprint density at radius 3 is 2.71 bits per heavy atom. The fourth-order valence-corrected chi connectivity index (χ4v) is 1.83. The van der Waals surface area contributed by atoms with Gasteiger partial charge in [-0.3, -0.25) is 0 Å². The first kappa shape index (κ1) is 11.6. The standard InChI is InChI=1S/C13H13F2NO/c14-13(15)17-12-7-6-10(8-11(12)16)9-4-2-1-3-5-9/h1-4,6-9,13H,5,16H2. The van der Waals surface area contributed by atoms with E-state index in [-0.39, 0.29) is 17.4 Å². The van der Waals surface area contributed by atoms with Gasteiger partial charge in [-0.1, -0.05) is 30.4 Å². The summed E-state index contributed by atoms with van der Waals surface area (Å²) in [4.78, 5) is 0. The van der Waals surface area contributed by atoms with Crippen molar-refractivity contribution in [1.82, 2.24) is 0 Å². The fourth-order valence-electron chi connectivity index (χ4n) is 1.83. The number of ether oxygens (including phenoxy) is 1. The smallest absolute Gasteiger partial charge is 0.387 e. The van der Waals surface area contributed by atoms with E-state index in [1.165, 1.54) is 6.07 Å². The summed E-state index contributed by atoms with van der Waals surface area (Å²) in [5.74, 6) is 0.280. The Bertz CT molecular complexity index is 455. The maximum atomic E-state index is 12.1. The van der Waals surface area contributed by atoms with Gasteiger partial charge in [-0.05, 0) is 24.1 Å². The van der Waals surface area contributed by atoms with E-state index in [2.05, 4.69) is 16.9 Å². The van der Waals surface area contributed by atoms with E-state index in [0.29, 0.717) is 0 Å². The lowest BCUT2D eigenvalue weighted by Gasteiger charge is -2.15. The van der Waals surface area contributed by atoms with Gasteiger partial charge in [0.2, 0.25) is 0 Å². The van der Waals surface area contributed by atoms with Crippen LogP contribution in [0.1, 0.15) is 17.9 Å². The van der Waals surface area contributed by atoms with Crippen molar-refractivity contribution >= 4 is 5.69 Å². The average Bonchev–Trinajstić information content (AvgIpc) is 2.32. The first-order valence-corrected chi connectivity index (χ1v) is 5.34. The molecule has 0 saturated heterocycles. The van der Waals surface area contributed by atoms with Crippen LogP contribution in [0.3, 0.4) is 0 Å². The van der Waals surface area contributed by atoms with Crippen molar-refractivity contribution in [1.29, 1.82) is 0 Å². The zero-order valence-corrected chi connectivity index (χ0v) is 9.14. The Balaban J connectivity index is 2.18. The van der Waals surface area contributed by atoms with Gasteiger partial charge >= 0.3 is 6.61 Å². The molecule has 0 bridgehead atoms. The highest BCUT2D eigenvalue weighted by Crippen LogP contribution is 2.31. The van der Waals surface area contributed by atoms with Gasteiger partial charge in [-0.15, -0.1) is 0 Å². The molecule has 4 heteroatoms. The van der Waals surface area contributed by atoms with Crippen molar-refractivity contribution in [2.75, 3.05) is 5.73 Å². The number of hydrogen-bond acceptors (Lipinski definition) is 2. The van der Waals surface area contributed by atoms with Gasteiger partial charge in [0, 0.05) is 5.92 Å². The minimum Gasteiger partial charge on any atom is -0.433 e. The van der Waals surface area contributed by atoms with Gasteiger partial charge in [0.25, 0.3) is 0 Å². The molecule has 0 spiro atoms. The van der Waals surface area contributed by atoms with Gasteiger partial charge in [0.05, 0.1) is 5.69 Å². The maximum absolute atomic E-state index is 12.1. The first-order chi connectivity index (χ1) is 8.16. The minimum atomic E-state index is -2.85. The topological polar surface area (TPSA) is 35.2 Å². The van der Waals surface area contributed by atoms with Crippen LogP contribution >= 0.6 is 0 Å². The summed E-state index contributed by atoms with van der Waals surface area (Å²) in [5.41, 5.74) is 6.92. The number of anilines is 1. The van der Waals surface area contributed by atoms with E-state index in [4.69, 9.17) is 5.73 Å². The van der Waals surface area contributed by atoms with Gasteiger partial charge in [-0.2, -0.15) is 8.78 Å². The van der Waals surface area contributed by atoms with E-state index in [1.54, 1.807) is 12.1 Å². The lowest BCUT2D eigenvalue weighted by molar-refractivity contribution is -0.0493. The third-order valence-corrected chi connectivity index (χ3v) is 2.66. The van der Waals surface area contributed by atoms with Crippen molar-refractivity contribution in [3.8, 4) is 5.75 Å². The predicted octanol–water partition coefficient (Wildman–Crippen LogP) is 3.47. The van der Waals surface area contributed by atoms with E-state index in [0.717, 1.165) is 12.0 Å². The van der Waals surface area contributed by atoms with Crippen molar-refractivity contribution < 1.29 is 13.5 Å². The number of alkyl halides is 2. The molecular weight excluding hydrogens is 224 g/mol. The number of benzene rings is 1. The molecule has 0 fully saturated rings. The normalized spacial score (nSPS) is 18.6. The number of halogens is 2. The van der Waals surface area contributed by atoms with Crippen LogP contribution in [0, 0.1) is 0 Å². The van der Waals surface area contributed by atoms with Crippen LogP contribution in [-0.4, -0.2) is 6.61 Å². The number of nitrogen functional groups attached to an aromatic ring is 1. The second-order valence-electron chi connectivity index (χ2n) is 3.83. The summed E-state index contributed by atoms with van der Waals surface area (Å²) in [6.45, 7) is -2.85. The highest BCUT2D eigenvalue weighted by atomic mass is 19.3. The van der Waals surface area contributed by atoms with Crippen LogP contribution in [-0.2, 0) is 0 Å². The minimum absolute atomic E-state index is 0.0269. The van der Waals surface area contributed by atoms with Crippen LogP contribution in [0.4, 0.5) is 14.5 Å². The molecule has 90 valence electrons. The molecule has 0 aliphatic heterocycles. The molecule has 1 atom stereocenters. The van der Waals surface area contributed by atoms with E-state index in [1.807, 2.05) is 12.2 Å². The maximum Gasteiger partial charge on any atom is 0.387 e. The molecule has 1 aliphatic rings. The average molecular weight is 237 g/mol. The Labute approximate surface area is 98.4 Å². The van der Waals surface area contributed by atoms with Gasteiger partial charge < -0.3 is 10.5 Å². The molecule has 1 unspecified atom stereocenters. The van der Waals surface area contributed by atoms with Gasteiger partial charge in [0.15, 0.2) is 0 Å². The van der Waals surface area contributed by atoms with Crippen molar-refractivity contribution in [2.24, 2.45) is 0 Å². The number of rotatable bonds is 3. The highest BCUT2D eigenvalue weighted by Gasteiger charge is 2.12. The lowest BCUT2D eigenvalue weighted by Crippen LogP contribution is -2.05. The Hall–Kier alpha value is -1.84. The van der Waals surface area contributed by atoms with Crippen LogP contribution in [0.5, 0.6) is 5.75 Å². The summed E-state index contributed by atoms with van der Waals surface area (Å²) in [6.07, 6.45) is 8.96. The zero-order valence-electron chi connectivity index (χ0n) is 9.14. The molecule has 2 N–H and O–H groups in total. The monoisotopic (exact) mass is 237 g/mol. The molecule has 2 nitrogen and oxygen atoms in total. The second-order valence-corrected chi connectivity index (χ2v) is 3.83. The summed E-state index contributed by atoms with van der Waals surface area (Å²) in [6, 6.07) is 4.94. The molecule has 2 rings (SSSR count). The second kappa shape index (κ2) is 4.99. The summed E-state index contributed by atoms with van der Waals surface area (Å²) < 4.78 is 28.4. The molecule has 0 radical (unpaired) electrons. The number of nitrogens with two attached hydrogens (primary N) is 1. The Morgan fingerprint density at radius 1 is 1.29 bits per heavy atom. The van der Waals surface area contributed by atoms with Crippen molar-refractivity contribution in [2.45, 2.75) is 19.0 Å². The molecule has 0 amide bonds. The van der Waals surface area contributed by atoms with Crippen LogP contribution in [0.15, 0.2) is 42.5 Å². The van der Waals surface area contributed by atoms with E-state index < -0.39 is 6.61 Å². The molecule has 0 aromatic heterocycles. The highest BCUT2D eigenvalue weighted by molar-refractivity contribution is 5.55. The third kappa shape index (κ3) is 2.84. The van der Waals surface area contributed by atoms with Crippen LogP contribution < -0.4 is 10.5 Å². The summed E-state index contributed by atoms with van der Waals surface area (Å²) in [7, 11) is 0. The molecule has 17 heavy (non-hydrogen) atoms. The number of allylic oxidation sites excluding steroid dienone is 4. The molecule has 0 saturated carbocycles. The van der Waals surface area contributed by atoms with Crippen LogP contribution in [0.2, 0.25) is 0 Å². The van der Waals surface area contributed by atoms with Crippen molar-refractivity contribution in [3.05, 3.63) is 48.1 Å². The fraction of sp³-hybridized carbons (Fsp3) is 0.231.